The smallest absolute Gasteiger partial charge is 0.407 e. The zero-order chi connectivity index (χ0) is 33.6. The molecule has 2 aromatic carbocycles. The summed E-state index contributed by atoms with van der Waals surface area (Å²) in [4.78, 5) is 70.1. The number of rotatable bonds is 4. The van der Waals surface area contributed by atoms with Crippen LogP contribution in [0.15, 0.2) is 48.5 Å². The molecule has 1 saturated heterocycles. The van der Waals surface area contributed by atoms with Gasteiger partial charge in [-0.15, -0.1) is 0 Å². The van der Waals surface area contributed by atoms with Crippen molar-refractivity contribution in [3.8, 4) is 5.75 Å². The standard InChI is InChI=1S/C33H41FN4O8/c1-33(2,3)46-32(43)35-23-16-24-20-44-27-13-11-22(34)15-25(27)30(41)37(5)26(31(42)45-19-21-9-7-6-8-10-21)12-14-28(39)36(4)18-29(40)38(24)17-23/h6-11,13,15,23-24,26H,12,14,16-20H2,1-5H3,(H,35,43)/t23-,24+,26+/m1/s1. The molecular formula is C33H41FN4O8. The maximum absolute atomic E-state index is 14.5. The van der Waals surface area contributed by atoms with E-state index in [-0.39, 0.29) is 56.4 Å². The largest absolute Gasteiger partial charge is 0.491 e. The summed E-state index contributed by atoms with van der Waals surface area (Å²) in [7, 11) is 2.86. The van der Waals surface area contributed by atoms with Gasteiger partial charge in [0, 0.05) is 27.1 Å². The second kappa shape index (κ2) is 14.6. The number of esters is 1. The van der Waals surface area contributed by atoms with E-state index in [1.165, 1.54) is 30.0 Å². The fraction of sp³-hybridized carbons (Fsp3) is 0.485. The summed E-state index contributed by atoms with van der Waals surface area (Å²) in [6.45, 7) is 4.97. The van der Waals surface area contributed by atoms with Gasteiger partial charge in [0.15, 0.2) is 0 Å². The Balaban J connectivity index is 1.60. The Bertz CT molecular complexity index is 1450. The van der Waals surface area contributed by atoms with Gasteiger partial charge in [0.05, 0.1) is 24.2 Å². The van der Waals surface area contributed by atoms with Crippen molar-refractivity contribution < 1.29 is 42.6 Å². The van der Waals surface area contributed by atoms with Gasteiger partial charge < -0.3 is 34.2 Å². The number of carbonyl (C=O) groups excluding carboxylic acids is 5. The molecule has 2 heterocycles. The van der Waals surface area contributed by atoms with Gasteiger partial charge >= 0.3 is 12.1 Å². The predicted molar refractivity (Wildman–Crippen MR) is 164 cm³/mol. The van der Waals surface area contributed by atoms with Crippen LogP contribution >= 0.6 is 0 Å². The molecular weight excluding hydrogens is 599 g/mol. The summed E-state index contributed by atoms with van der Waals surface area (Å²) in [6, 6.07) is 10.3. The van der Waals surface area contributed by atoms with Gasteiger partial charge in [-0.3, -0.25) is 14.4 Å². The molecule has 0 aliphatic carbocycles. The van der Waals surface area contributed by atoms with Crippen LogP contribution in [0.3, 0.4) is 0 Å². The van der Waals surface area contributed by atoms with E-state index in [9.17, 15) is 28.4 Å². The molecule has 1 fully saturated rings. The first-order chi connectivity index (χ1) is 21.7. The molecule has 248 valence electrons. The summed E-state index contributed by atoms with van der Waals surface area (Å²) in [5.74, 6) is -2.89. The number of fused-ring (bicyclic) bond motifs is 2. The third-order valence-electron chi connectivity index (χ3n) is 7.77. The van der Waals surface area contributed by atoms with Gasteiger partial charge in [-0.2, -0.15) is 0 Å². The molecule has 0 bridgehead atoms. The highest BCUT2D eigenvalue weighted by Crippen LogP contribution is 2.27. The molecule has 46 heavy (non-hydrogen) atoms. The molecule has 0 unspecified atom stereocenters. The van der Waals surface area contributed by atoms with Crippen LogP contribution in [0.4, 0.5) is 9.18 Å². The highest BCUT2D eigenvalue weighted by molar-refractivity contribution is 5.99. The summed E-state index contributed by atoms with van der Waals surface area (Å²) in [5, 5.41) is 2.79. The van der Waals surface area contributed by atoms with E-state index in [2.05, 4.69) is 5.32 Å². The topological polar surface area (TPSA) is 135 Å². The quantitative estimate of drug-likeness (QED) is 0.504. The Morgan fingerprint density at radius 1 is 1.04 bits per heavy atom. The number of hydrogen-bond donors (Lipinski definition) is 1. The van der Waals surface area contributed by atoms with Crippen LogP contribution in [0.2, 0.25) is 0 Å². The van der Waals surface area contributed by atoms with Crippen LogP contribution in [0.25, 0.3) is 0 Å². The molecule has 2 aromatic rings. The Kier molecular flexibility index (Phi) is 10.9. The molecule has 13 heteroatoms. The zero-order valence-electron chi connectivity index (χ0n) is 26.8. The highest BCUT2D eigenvalue weighted by Gasteiger charge is 2.39. The Morgan fingerprint density at radius 2 is 1.76 bits per heavy atom. The Labute approximate surface area is 267 Å². The van der Waals surface area contributed by atoms with Crippen LogP contribution in [0.5, 0.6) is 5.75 Å². The van der Waals surface area contributed by atoms with E-state index in [0.717, 1.165) is 22.6 Å². The van der Waals surface area contributed by atoms with Crippen LogP contribution in [0, 0.1) is 5.82 Å². The molecule has 0 radical (unpaired) electrons. The lowest BCUT2D eigenvalue weighted by Gasteiger charge is -2.28. The third-order valence-corrected chi connectivity index (χ3v) is 7.77. The van der Waals surface area contributed by atoms with Crippen molar-refractivity contribution in [2.75, 3.05) is 33.8 Å². The second-order valence-electron chi connectivity index (χ2n) is 12.5. The number of halogens is 1. The average Bonchev–Trinajstić information content (AvgIpc) is 3.40. The van der Waals surface area contributed by atoms with Crippen molar-refractivity contribution in [1.29, 1.82) is 0 Å². The van der Waals surface area contributed by atoms with Gasteiger partial charge in [-0.1, -0.05) is 30.3 Å². The molecule has 1 N–H and O–H groups in total. The number of likely N-dealkylation sites (N-methyl/N-ethyl adjacent to an activating group) is 2. The lowest BCUT2D eigenvalue weighted by Crippen LogP contribution is -2.46. The molecule has 4 amide bonds. The van der Waals surface area contributed by atoms with E-state index < -0.39 is 53.4 Å². The monoisotopic (exact) mass is 640 g/mol. The lowest BCUT2D eigenvalue weighted by molar-refractivity contribution is -0.150. The Hall–Kier alpha value is -4.68. The number of benzene rings is 2. The van der Waals surface area contributed by atoms with Crippen molar-refractivity contribution >= 4 is 29.8 Å². The number of alkyl carbamates (subject to hydrolysis) is 1. The summed E-state index contributed by atoms with van der Waals surface area (Å²) in [5.41, 5.74) is -0.118. The fourth-order valence-electron chi connectivity index (χ4n) is 5.40. The lowest BCUT2D eigenvalue weighted by atomic mass is 10.1. The summed E-state index contributed by atoms with van der Waals surface area (Å²) < 4.78 is 31.4. The third kappa shape index (κ3) is 8.95. The minimum Gasteiger partial charge on any atom is -0.491 e. The van der Waals surface area contributed by atoms with Gasteiger partial charge in [0.1, 0.15) is 36.4 Å². The van der Waals surface area contributed by atoms with Gasteiger partial charge in [-0.05, 0) is 57.4 Å². The van der Waals surface area contributed by atoms with Gasteiger partial charge in [0.25, 0.3) is 5.91 Å². The molecule has 3 atom stereocenters. The maximum atomic E-state index is 14.5. The first kappa shape index (κ1) is 34.2. The number of ether oxygens (including phenoxy) is 3. The number of hydrogen-bond acceptors (Lipinski definition) is 8. The van der Waals surface area contributed by atoms with Crippen LogP contribution in [-0.2, 0) is 30.5 Å². The van der Waals surface area contributed by atoms with Crippen molar-refractivity contribution in [3.05, 3.63) is 65.5 Å². The van der Waals surface area contributed by atoms with Crippen molar-refractivity contribution in [2.24, 2.45) is 0 Å². The molecule has 0 aromatic heterocycles. The molecule has 0 spiro atoms. The highest BCUT2D eigenvalue weighted by atomic mass is 19.1. The summed E-state index contributed by atoms with van der Waals surface area (Å²) in [6.07, 6.45) is -0.604. The van der Waals surface area contributed by atoms with Gasteiger partial charge in [-0.25, -0.2) is 14.0 Å². The molecule has 4 rings (SSSR count). The Morgan fingerprint density at radius 3 is 2.46 bits per heavy atom. The second-order valence-corrected chi connectivity index (χ2v) is 12.5. The van der Waals surface area contributed by atoms with E-state index in [4.69, 9.17) is 14.2 Å². The first-order valence-corrected chi connectivity index (χ1v) is 15.1. The van der Waals surface area contributed by atoms with Gasteiger partial charge in [0.2, 0.25) is 11.8 Å². The molecule has 2 aliphatic heterocycles. The van der Waals surface area contributed by atoms with Crippen LogP contribution in [-0.4, -0.2) is 102 Å². The van der Waals surface area contributed by atoms with E-state index in [0.29, 0.717) is 6.42 Å². The first-order valence-electron chi connectivity index (χ1n) is 15.1. The normalized spacial score (nSPS) is 21.4. The zero-order valence-corrected chi connectivity index (χ0v) is 26.8. The maximum Gasteiger partial charge on any atom is 0.407 e. The van der Waals surface area contributed by atoms with Crippen LogP contribution < -0.4 is 10.1 Å². The predicted octanol–water partition coefficient (Wildman–Crippen LogP) is 3.13. The molecule has 0 saturated carbocycles. The fourth-order valence-corrected chi connectivity index (χ4v) is 5.40. The minimum absolute atomic E-state index is 0.0458. The van der Waals surface area contributed by atoms with Crippen LogP contribution in [0.1, 0.15) is 56.0 Å². The number of carbonyl (C=O) groups is 5. The van der Waals surface area contributed by atoms with Crippen molar-refractivity contribution in [2.45, 2.75) is 70.4 Å². The number of amides is 4. The molecule has 12 nitrogen and oxygen atoms in total. The molecule has 2 aliphatic rings. The van der Waals surface area contributed by atoms with Crippen molar-refractivity contribution in [3.63, 3.8) is 0 Å². The van der Waals surface area contributed by atoms with E-state index >= 15 is 0 Å². The minimum atomic E-state index is -1.19. The number of nitrogens with one attached hydrogen (secondary N) is 1. The van der Waals surface area contributed by atoms with Crippen molar-refractivity contribution in [1.82, 2.24) is 20.0 Å². The number of nitrogens with zero attached hydrogens (tertiary/aromatic N) is 3. The average molecular weight is 641 g/mol. The van der Waals surface area contributed by atoms with E-state index in [1.807, 2.05) is 6.07 Å². The SMILES string of the molecule is CN1CC(=O)N2C[C@H](NC(=O)OC(C)(C)C)C[C@H]2COc2ccc(F)cc2C(=O)N(C)[C@H](C(=O)OCc2ccccc2)CCC1=O. The summed E-state index contributed by atoms with van der Waals surface area (Å²) >= 11 is 0. The van der Waals surface area contributed by atoms with E-state index in [1.54, 1.807) is 45.0 Å².